The smallest absolute Gasteiger partial charge is 0.0315 e. The van der Waals surface area contributed by atoms with Crippen molar-refractivity contribution in [3.8, 4) is 0 Å². The van der Waals surface area contributed by atoms with Crippen LogP contribution in [0.3, 0.4) is 0 Å². The molecule has 1 aromatic rings. The van der Waals surface area contributed by atoms with Crippen molar-refractivity contribution >= 4 is 11.4 Å². The average Bonchev–Trinajstić information content (AvgIpc) is 2.13. The van der Waals surface area contributed by atoms with Gasteiger partial charge in [0.05, 0.1) is 0 Å². The first kappa shape index (κ1) is 11.1. The predicted molar refractivity (Wildman–Crippen MR) is 55.0 cm³/mol. The third-order valence-electron chi connectivity index (χ3n) is 1.14. The van der Waals surface area contributed by atoms with Crippen LogP contribution in [0.25, 0.3) is 10.4 Å². The highest BCUT2D eigenvalue weighted by Crippen LogP contribution is 2.04. The molecular formula is C8H13N5. The van der Waals surface area contributed by atoms with Crippen LogP contribution in [0, 0.1) is 0 Å². The van der Waals surface area contributed by atoms with E-state index in [1.807, 2.05) is 0 Å². The molecule has 0 heterocycles. The van der Waals surface area contributed by atoms with Gasteiger partial charge in [-0.15, -0.1) is 0 Å². The van der Waals surface area contributed by atoms with Gasteiger partial charge < -0.3 is 11.5 Å². The van der Waals surface area contributed by atoms with E-state index in [1.165, 1.54) is 0 Å². The van der Waals surface area contributed by atoms with Crippen molar-refractivity contribution in [2.45, 2.75) is 6.92 Å². The summed E-state index contributed by atoms with van der Waals surface area (Å²) in [5.41, 5.74) is 19.8. The summed E-state index contributed by atoms with van der Waals surface area (Å²) in [6.07, 6.45) is 0. The van der Waals surface area contributed by atoms with E-state index in [4.69, 9.17) is 17.0 Å². The van der Waals surface area contributed by atoms with Crippen LogP contribution in [0.15, 0.2) is 29.4 Å². The monoisotopic (exact) mass is 179 g/mol. The van der Waals surface area contributed by atoms with Crippen LogP contribution >= 0.6 is 0 Å². The number of hydrogen-bond donors (Lipinski definition) is 2. The van der Waals surface area contributed by atoms with Gasteiger partial charge in [-0.3, -0.25) is 0 Å². The second-order valence-electron chi connectivity index (χ2n) is 2.21. The van der Waals surface area contributed by atoms with Crippen molar-refractivity contribution in [1.82, 2.24) is 0 Å². The summed E-state index contributed by atoms with van der Waals surface area (Å²) >= 11 is 0. The zero-order valence-electron chi connectivity index (χ0n) is 7.51. The number of nitrogens with zero attached hydrogens (tertiary/aromatic N) is 3. The summed E-state index contributed by atoms with van der Waals surface area (Å²) in [5.74, 6) is 0. The Bertz CT molecular complexity index is 252. The Balaban J connectivity index is 0.000000252. The van der Waals surface area contributed by atoms with Gasteiger partial charge in [-0.05, 0) is 29.8 Å². The molecule has 70 valence electrons. The average molecular weight is 179 g/mol. The van der Waals surface area contributed by atoms with E-state index in [0.717, 1.165) is 11.4 Å². The lowest BCUT2D eigenvalue weighted by Crippen LogP contribution is -1.86. The summed E-state index contributed by atoms with van der Waals surface area (Å²) in [6.45, 7) is 2.34. The van der Waals surface area contributed by atoms with Gasteiger partial charge in [0, 0.05) is 22.8 Å². The second-order valence-corrected chi connectivity index (χ2v) is 2.21. The molecule has 0 aliphatic rings. The second kappa shape index (κ2) is 6.82. The molecule has 0 radical (unpaired) electrons. The van der Waals surface area contributed by atoms with Gasteiger partial charge in [0.2, 0.25) is 0 Å². The molecule has 0 aliphatic heterocycles. The lowest BCUT2D eigenvalue weighted by Gasteiger charge is -1.90. The van der Waals surface area contributed by atoms with Gasteiger partial charge in [-0.2, -0.15) is 0 Å². The van der Waals surface area contributed by atoms with Crippen LogP contribution in [0.1, 0.15) is 6.92 Å². The van der Waals surface area contributed by atoms with E-state index in [2.05, 4.69) is 10.0 Å². The molecule has 0 saturated heterocycles. The zero-order valence-corrected chi connectivity index (χ0v) is 7.51. The molecule has 0 spiro atoms. The molecular weight excluding hydrogens is 166 g/mol. The zero-order chi connectivity index (χ0) is 10.1. The molecule has 0 saturated carbocycles. The molecule has 5 nitrogen and oxygen atoms in total. The van der Waals surface area contributed by atoms with E-state index in [1.54, 1.807) is 31.2 Å². The maximum atomic E-state index is 7.52. The minimum Gasteiger partial charge on any atom is -0.399 e. The van der Waals surface area contributed by atoms with Crippen LogP contribution in [0.4, 0.5) is 11.4 Å². The summed E-state index contributed by atoms with van der Waals surface area (Å²) in [5, 5.41) is 3.15. The highest BCUT2D eigenvalue weighted by atomic mass is 15.1. The van der Waals surface area contributed by atoms with Crippen molar-refractivity contribution in [3.05, 3.63) is 34.7 Å². The van der Waals surface area contributed by atoms with Crippen LogP contribution < -0.4 is 11.5 Å². The van der Waals surface area contributed by atoms with Crippen molar-refractivity contribution in [1.29, 1.82) is 0 Å². The number of rotatable bonds is 1. The Hall–Kier alpha value is -1.87. The molecule has 0 fully saturated rings. The summed E-state index contributed by atoms with van der Waals surface area (Å²) in [6, 6.07) is 7.09. The van der Waals surface area contributed by atoms with Crippen molar-refractivity contribution < 1.29 is 0 Å². The van der Waals surface area contributed by atoms with E-state index >= 15 is 0 Å². The maximum Gasteiger partial charge on any atom is 0.0315 e. The molecule has 0 aliphatic carbocycles. The molecule has 0 unspecified atom stereocenters. The largest absolute Gasteiger partial charge is 0.399 e. The van der Waals surface area contributed by atoms with E-state index in [9.17, 15) is 0 Å². The topological polar surface area (TPSA) is 101 Å². The molecule has 4 N–H and O–H groups in total. The van der Waals surface area contributed by atoms with Crippen molar-refractivity contribution in [3.63, 3.8) is 0 Å². The van der Waals surface area contributed by atoms with Crippen LogP contribution in [0.2, 0.25) is 0 Å². The summed E-state index contributed by atoms with van der Waals surface area (Å²) < 4.78 is 0. The summed E-state index contributed by atoms with van der Waals surface area (Å²) in [4.78, 5) is 2.48. The van der Waals surface area contributed by atoms with Crippen molar-refractivity contribution in [2.24, 2.45) is 5.11 Å². The fourth-order valence-electron chi connectivity index (χ4n) is 0.559. The van der Waals surface area contributed by atoms with E-state index < -0.39 is 0 Å². The van der Waals surface area contributed by atoms with Crippen molar-refractivity contribution in [2.75, 3.05) is 18.0 Å². The highest BCUT2D eigenvalue weighted by molar-refractivity contribution is 5.47. The quantitative estimate of drug-likeness (QED) is 0.298. The number of hydrogen-bond acceptors (Lipinski definition) is 3. The Kier molecular flexibility index (Phi) is 5.84. The predicted octanol–water partition coefficient (Wildman–Crippen LogP) is 2.17. The SMILES string of the molecule is CCN=[N+]=[N-].Nc1ccc(N)cc1. The number of anilines is 2. The minimum absolute atomic E-state index is 0.552. The first-order valence-electron chi connectivity index (χ1n) is 3.82. The third kappa shape index (κ3) is 6.52. The lowest BCUT2D eigenvalue weighted by atomic mass is 10.3. The van der Waals surface area contributed by atoms with Gasteiger partial charge in [-0.1, -0.05) is 12.0 Å². The number of nitrogen functional groups attached to an aromatic ring is 2. The van der Waals surface area contributed by atoms with Gasteiger partial charge in [-0.25, -0.2) is 0 Å². The number of azide groups is 1. The molecule has 0 aromatic heterocycles. The van der Waals surface area contributed by atoms with Gasteiger partial charge in [0.1, 0.15) is 0 Å². The van der Waals surface area contributed by atoms with Gasteiger partial charge in [0.25, 0.3) is 0 Å². The molecule has 5 heteroatoms. The maximum absolute atomic E-state index is 7.52. The van der Waals surface area contributed by atoms with Gasteiger partial charge >= 0.3 is 0 Å². The van der Waals surface area contributed by atoms with Crippen LogP contribution in [-0.2, 0) is 0 Å². The number of benzene rings is 1. The molecule has 0 atom stereocenters. The highest BCUT2D eigenvalue weighted by Gasteiger charge is 1.80. The molecule has 1 rings (SSSR count). The first-order chi connectivity index (χ1) is 6.20. The normalized spacial score (nSPS) is 7.77. The minimum atomic E-state index is 0.552. The molecule has 13 heavy (non-hydrogen) atoms. The number of nitrogens with two attached hydrogens (primary N) is 2. The molecule has 0 bridgehead atoms. The third-order valence-corrected chi connectivity index (χ3v) is 1.14. The first-order valence-corrected chi connectivity index (χ1v) is 3.82. The fraction of sp³-hybridized carbons (Fsp3) is 0.250. The molecule has 1 aromatic carbocycles. The van der Waals surface area contributed by atoms with E-state index in [0.29, 0.717) is 6.54 Å². The van der Waals surface area contributed by atoms with Gasteiger partial charge in [0.15, 0.2) is 0 Å². The molecule has 0 amide bonds. The Morgan fingerprint density at radius 1 is 1.23 bits per heavy atom. The summed E-state index contributed by atoms with van der Waals surface area (Å²) in [7, 11) is 0. The standard InChI is InChI=1S/C6H8N2.C2H5N3/c7-5-1-2-6(8)4-3-5;1-2-4-5-3/h1-4H,7-8H2;2H2,1H3. The van der Waals surface area contributed by atoms with Crippen LogP contribution in [0.5, 0.6) is 0 Å². The lowest BCUT2D eigenvalue weighted by molar-refractivity contribution is 1.11. The Morgan fingerprint density at radius 2 is 1.62 bits per heavy atom. The van der Waals surface area contributed by atoms with E-state index in [-0.39, 0.29) is 0 Å². The Morgan fingerprint density at radius 3 is 1.77 bits per heavy atom. The fourth-order valence-corrected chi connectivity index (χ4v) is 0.559. The Labute approximate surface area is 77.0 Å². The van der Waals surface area contributed by atoms with Crippen LogP contribution in [-0.4, -0.2) is 6.54 Å².